The van der Waals surface area contributed by atoms with E-state index in [-0.39, 0.29) is 39.2 Å². The van der Waals surface area contributed by atoms with Gasteiger partial charge >= 0.3 is 0 Å². The molecule has 0 unspecified atom stereocenters. The van der Waals surface area contributed by atoms with Gasteiger partial charge < -0.3 is 10.2 Å². The van der Waals surface area contributed by atoms with Crippen molar-refractivity contribution in [2.24, 2.45) is 0 Å². The van der Waals surface area contributed by atoms with Gasteiger partial charge in [0, 0.05) is 39.0 Å². The SMILES string of the molecule is CC(=O)/C=C(/C)O.Cc1cc(-c2ccccc2)[c-]c(-c2cc(CO)ccn2)c1.[Pt]. The largest absolute Gasteiger partial charge is 0.512 e. The number of aromatic nitrogens is 1. The van der Waals surface area contributed by atoms with Gasteiger partial charge in [0.15, 0.2) is 5.78 Å². The molecule has 0 saturated carbocycles. The Morgan fingerprint density at radius 1 is 1.07 bits per heavy atom. The second kappa shape index (κ2) is 12.1. The van der Waals surface area contributed by atoms with Gasteiger partial charge in [0.1, 0.15) is 0 Å². The Balaban J connectivity index is 0.000000456. The summed E-state index contributed by atoms with van der Waals surface area (Å²) in [6.45, 7) is 4.94. The molecule has 0 aliphatic carbocycles. The van der Waals surface area contributed by atoms with Crippen molar-refractivity contribution < 1.29 is 36.1 Å². The molecular weight excluding hydrogens is 545 g/mol. The summed E-state index contributed by atoms with van der Waals surface area (Å²) >= 11 is 0. The van der Waals surface area contributed by atoms with Crippen LogP contribution in [0.2, 0.25) is 0 Å². The van der Waals surface area contributed by atoms with Crippen molar-refractivity contribution in [3.63, 3.8) is 0 Å². The van der Waals surface area contributed by atoms with E-state index in [1.54, 1.807) is 6.20 Å². The second-order valence-corrected chi connectivity index (χ2v) is 6.45. The van der Waals surface area contributed by atoms with Gasteiger partial charge in [-0.25, -0.2) is 0 Å². The fourth-order valence-electron chi connectivity index (χ4n) is 2.64. The van der Waals surface area contributed by atoms with E-state index in [1.165, 1.54) is 25.5 Å². The quantitative estimate of drug-likeness (QED) is 0.262. The molecule has 0 aliphatic heterocycles. The third kappa shape index (κ3) is 8.14. The number of rotatable bonds is 4. The first-order valence-corrected chi connectivity index (χ1v) is 8.92. The topological polar surface area (TPSA) is 70.4 Å². The number of hydrogen-bond acceptors (Lipinski definition) is 4. The zero-order valence-corrected chi connectivity index (χ0v) is 18.9. The molecule has 0 aliphatic rings. The van der Waals surface area contributed by atoms with Crippen molar-refractivity contribution in [1.29, 1.82) is 0 Å². The molecule has 2 aromatic carbocycles. The van der Waals surface area contributed by atoms with Gasteiger partial charge in [-0.05, 0) is 25.5 Å². The molecule has 0 atom stereocenters. The summed E-state index contributed by atoms with van der Waals surface area (Å²) in [5, 5.41) is 17.6. The molecule has 1 heterocycles. The molecule has 0 bridgehead atoms. The predicted molar refractivity (Wildman–Crippen MR) is 112 cm³/mol. The number of benzene rings is 2. The van der Waals surface area contributed by atoms with Crippen molar-refractivity contribution in [2.75, 3.05) is 0 Å². The summed E-state index contributed by atoms with van der Waals surface area (Å²) in [5.41, 5.74) is 6.00. The van der Waals surface area contributed by atoms with Crippen LogP contribution in [0.5, 0.6) is 0 Å². The zero-order valence-electron chi connectivity index (χ0n) is 16.6. The number of allylic oxidation sites excluding steroid dienone is 2. The first-order chi connectivity index (χ1) is 13.4. The molecule has 2 N–H and O–H groups in total. The van der Waals surface area contributed by atoms with Crippen LogP contribution in [-0.4, -0.2) is 21.0 Å². The van der Waals surface area contributed by atoms with Gasteiger partial charge in [-0.2, -0.15) is 0 Å². The smallest absolute Gasteiger partial charge is 0.155 e. The number of hydrogen-bond donors (Lipinski definition) is 2. The summed E-state index contributed by atoms with van der Waals surface area (Å²) in [7, 11) is 0. The normalized spacial score (nSPS) is 10.4. The van der Waals surface area contributed by atoms with Crippen molar-refractivity contribution in [1.82, 2.24) is 4.98 Å². The Hall–Kier alpha value is -2.55. The standard InChI is InChI=1S/C19H16NO.C5H8O2.Pt/c1-14-9-17(16-5-3-2-4-6-16)12-18(10-14)19-11-15(13-21)7-8-20-19;1-4(6)3-5(2)7;/h2-11,21H,13H2,1H3;3,6H,1-2H3;/q-1;;/b;4-3-;. The minimum absolute atomic E-state index is 0. The molecule has 3 rings (SSSR count). The van der Waals surface area contributed by atoms with Crippen LogP contribution >= 0.6 is 0 Å². The molecule has 1 aromatic heterocycles. The molecule has 0 radical (unpaired) electrons. The Bertz CT molecular complexity index is 965. The van der Waals surface area contributed by atoms with Crippen LogP contribution in [0.15, 0.2) is 72.6 Å². The predicted octanol–water partition coefficient (Wildman–Crippen LogP) is 5.05. The summed E-state index contributed by atoms with van der Waals surface area (Å²) in [4.78, 5) is 14.4. The number of aryl methyl sites for hydroxylation is 1. The Labute approximate surface area is 186 Å². The number of nitrogens with zero attached hydrogens (tertiary/aromatic N) is 1. The van der Waals surface area contributed by atoms with Gasteiger partial charge in [0.25, 0.3) is 0 Å². The Morgan fingerprint density at radius 2 is 1.72 bits per heavy atom. The monoisotopic (exact) mass is 569 g/mol. The van der Waals surface area contributed by atoms with E-state index in [0.717, 1.165) is 27.9 Å². The van der Waals surface area contributed by atoms with E-state index in [9.17, 15) is 9.90 Å². The molecule has 154 valence electrons. The van der Waals surface area contributed by atoms with Crippen LogP contribution < -0.4 is 0 Å². The number of aliphatic hydroxyl groups excluding tert-OH is 2. The third-order valence-corrected chi connectivity index (χ3v) is 3.79. The zero-order chi connectivity index (χ0) is 20.5. The average molecular weight is 570 g/mol. The summed E-state index contributed by atoms with van der Waals surface area (Å²) < 4.78 is 0. The van der Waals surface area contributed by atoms with E-state index in [1.807, 2.05) is 30.3 Å². The second-order valence-electron chi connectivity index (χ2n) is 6.45. The van der Waals surface area contributed by atoms with Gasteiger partial charge in [-0.15, -0.1) is 29.3 Å². The van der Waals surface area contributed by atoms with E-state index in [2.05, 4.69) is 42.2 Å². The summed E-state index contributed by atoms with van der Waals surface area (Å²) in [6.07, 6.45) is 2.89. The molecule has 5 heteroatoms. The summed E-state index contributed by atoms with van der Waals surface area (Å²) in [6, 6.07) is 21.5. The molecule has 0 amide bonds. The molecule has 4 nitrogen and oxygen atoms in total. The maximum atomic E-state index is 10.0. The molecule has 0 spiro atoms. The fraction of sp³-hybridized carbons (Fsp3) is 0.167. The summed E-state index contributed by atoms with van der Waals surface area (Å²) in [5.74, 6) is -0.0625. The van der Waals surface area contributed by atoms with E-state index < -0.39 is 0 Å². The first kappa shape index (κ1) is 24.5. The van der Waals surface area contributed by atoms with Gasteiger partial charge in [-0.1, -0.05) is 54.4 Å². The van der Waals surface area contributed by atoms with Crippen LogP contribution in [0.1, 0.15) is 25.0 Å². The van der Waals surface area contributed by atoms with E-state index in [4.69, 9.17) is 5.11 Å². The van der Waals surface area contributed by atoms with Gasteiger partial charge in [-0.3, -0.25) is 9.78 Å². The average Bonchev–Trinajstić information content (AvgIpc) is 2.67. The number of carbonyl (C=O) groups excluding carboxylic acids is 1. The van der Waals surface area contributed by atoms with Crippen molar-refractivity contribution in [3.8, 4) is 22.4 Å². The number of carbonyl (C=O) groups is 1. The molecule has 3 aromatic rings. The van der Waals surface area contributed by atoms with Crippen LogP contribution in [0.4, 0.5) is 0 Å². The molecule has 29 heavy (non-hydrogen) atoms. The van der Waals surface area contributed by atoms with E-state index >= 15 is 0 Å². The minimum atomic E-state index is -0.125. The van der Waals surface area contributed by atoms with Gasteiger partial charge in [0.05, 0.1) is 12.4 Å². The van der Waals surface area contributed by atoms with E-state index in [0.29, 0.717) is 0 Å². The van der Waals surface area contributed by atoms with Crippen LogP contribution in [0.25, 0.3) is 22.4 Å². The maximum Gasteiger partial charge on any atom is 0.155 e. The van der Waals surface area contributed by atoms with Crippen LogP contribution in [-0.2, 0) is 32.5 Å². The van der Waals surface area contributed by atoms with Crippen molar-refractivity contribution in [2.45, 2.75) is 27.4 Å². The fourth-order valence-corrected chi connectivity index (χ4v) is 2.64. The molecule has 0 fully saturated rings. The van der Waals surface area contributed by atoms with Gasteiger partial charge in [0.2, 0.25) is 0 Å². The maximum absolute atomic E-state index is 10.0. The number of pyridine rings is 1. The molecular formula is C24H24NO3Pt-. The Morgan fingerprint density at radius 3 is 2.28 bits per heavy atom. The number of aliphatic hydroxyl groups is 2. The first-order valence-electron chi connectivity index (χ1n) is 8.92. The Kier molecular flexibility index (Phi) is 10.2. The minimum Gasteiger partial charge on any atom is -0.512 e. The van der Waals surface area contributed by atoms with Crippen LogP contribution in [0, 0.1) is 13.0 Å². The van der Waals surface area contributed by atoms with Crippen molar-refractivity contribution >= 4 is 5.78 Å². The third-order valence-electron chi connectivity index (χ3n) is 3.79. The number of ketones is 1. The van der Waals surface area contributed by atoms with Crippen molar-refractivity contribution in [3.05, 3.63) is 89.8 Å². The van der Waals surface area contributed by atoms with Crippen LogP contribution in [0.3, 0.4) is 0 Å². The molecule has 0 saturated heterocycles.